The summed E-state index contributed by atoms with van der Waals surface area (Å²) in [5, 5.41) is 3.02. The Balaban J connectivity index is 2.24. The molecule has 27 heavy (non-hydrogen) atoms. The van der Waals surface area contributed by atoms with Crippen molar-refractivity contribution in [1.29, 1.82) is 0 Å². The molecule has 4 nitrogen and oxygen atoms in total. The van der Waals surface area contributed by atoms with E-state index in [1.54, 1.807) is 6.92 Å². The van der Waals surface area contributed by atoms with Crippen LogP contribution in [0, 0.1) is 11.6 Å². The lowest BCUT2D eigenvalue weighted by molar-refractivity contribution is -0.143. The topological polar surface area (TPSA) is 41.6 Å². The minimum atomic E-state index is -2.02. The number of rotatable bonds is 4. The zero-order chi connectivity index (χ0) is 20.8. The molecule has 7 heteroatoms. The standard InChI is InChI=1S/C20H32F2N2O2Si/c1-18(2,3)27(7,8)26-13-20(5)17(25)23-19(4,12-24(20)6)14-9-15(21)11-16(22)10-14/h9-11H,12-13H2,1-8H3,(H,23,25). The van der Waals surface area contributed by atoms with Gasteiger partial charge in [-0.05, 0) is 56.7 Å². The number of hydrogen-bond acceptors (Lipinski definition) is 3. The molecule has 0 bridgehead atoms. The molecular formula is C20H32F2N2O2Si. The second kappa shape index (κ2) is 6.94. The fraction of sp³-hybridized carbons (Fsp3) is 0.650. The Bertz CT molecular complexity index is 715. The lowest BCUT2D eigenvalue weighted by Gasteiger charge is -2.50. The molecule has 2 unspecified atom stereocenters. The van der Waals surface area contributed by atoms with Crippen LogP contribution in [0.4, 0.5) is 8.78 Å². The van der Waals surface area contributed by atoms with Crippen LogP contribution in [-0.2, 0) is 14.8 Å². The van der Waals surface area contributed by atoms with Crippen LogP contribution in [0.1, 0.15) is 40.2 Å². The number of nitrogens with one attached hydrogen (secondary N) is 1. The molecule has 1 aromatic rings. The molecule has 1 aliphatic rings. The molecule has 0 aliphatic carbocycles. The van der Waals surface area contributed by atoms with Crippen molar-refractivity contribution in [3.8, 4) is 0 Å². The van der Waals surface area contributed by atoms with Crippen LogP contribution in [0.25, 0.3) is 0 Å². The molecule has 1 fully saturated rings. The van der Waals surface area contributed by atoms with Crippen LogP contribution < -0.4 is 5.32 Å². The summed E-state index contributed by atoms with van der Waals surface area (Å²) in [5.74, 6) is -1.52. The number of benzene rings is 1. The molecule has 0 aromatic heterocycles. The van der Waals surface area contributed by atoms with Gasteiger partial charge in [-0.15, -0.1) is 0 Å². The zero-order valence-electron chi connectivity index (χ0n) is 17.7. The molecule has 1 N–H and O–H groups in total. The highest BCUT2D eigenvalue weighted by atomic mass is 28.4. The van der Waals surface area contributed by atoms with Gasteiger partial charge >= 0.3 is 0 Å². The second-order valence-electron chi connectivity index (χ2n) is 9.62. The van der Waals surface area contributed by atoms with E-state index in [1.165, 1.54) is 12.1 Å². The normalized spacial score (nSPS) is 27.6. The van der Waals surface area contributed by atoms with E-state index < -0.39 is 31.0 Å². The summed E-state index contributed by atoms with van der Waals surface area (Å²) >= 11 is 0. The average molecular weight is 399 g/mol. The quantitative estimate of drug-likeness (QED) is 0.779. The zero-order valence-corrected chi connectivity index (χ0v) is 18.7. The summed E-state index contributed by atoms with van der Waals surface area (Å²) in [6.07, 6.45) is 0. The fourth-order valence-electron chi connectivity index (χ4n) is 3.00. The smallest absolute Gasteiger partial charge is 0.243 e. The number of piperazine rings is 1. The number of halogens is 2. The lowest BCUT2D eigenvalue weighted by atomic mass is 9.84. The van der Waals surface area contributed by atoms with Crippen molar-refractivity contribution in [3.05, 3.63) is 35.4 Å². The molecule has 0 spiro atoms. The molecule has 152 valence electrons. The summed E-state index contributed by atoms with van der Waals surface area (Å²) < 4.78 is 33.7. The molecule has 2 atom stereocenters. The molecular weight excluding hydrogens is 366 g/mol. The van der Waals surface area contributed by atoms with Gasteiger partial charge in [0.2, 0.25) is 5.91 Å². The largest absolute Gasteiger partial charge is 0.414 e. The average Bonchev–Trinajstić information content (AvgIpc) is 2.49. The van der Waals surface area contributed by atoms with Crippen molar-refractivity contribution in [2.45, 2.75) is 63.8 Å². The monoisotopic (exact) mass is 398 g/mol. The third-order valence-electron chi connectivity index (χ3n) is 6.29. The molecule has 1 aliphatic heterocycles. The highest BCUT2D eigenvalue weighted by molar-refractivity contribution is 6.74. The molecule has 1 saturated heterocycles. The molecule has 0 radical (unpaired) electrons. The first-order chi connectivity index (χ1) is 12.1. The Morgan fingerprint density at radius 3 is 2.15 bits per heavy atom. The van der Waals surface area contributed by atoms with Crippen LogP contribution in [-0.4, -0.2) is 44.9 Å². The Hall–Kier alpha value is -1.31. The molecule has 1 aromatic carbocycles. The van der Waals surface area contributed by atoms with Gasteiger partial charge < -0.3 is 9.74 Å². The van der Waals surface area contributed by atoms with Crippen LogP contribution in [0.2, 0.25) is 18.1 Å². The third-order valence-corrected chi connectivity index (χ3v) is 10.8. The van der Waals surface area contributed by atoms with E-state index in [4.69, 9.17) is 4.43 Å². The van der Waals surface area contributed by atoms with Gasteiger partial charge in [0, 0.05) is 12.6 Å². The molecule has 1 heterocycles. The first-order valence-electron chi connectivity index (χ1n) is 9.25. The van der Waals surface area contributed by atoms with Gasteiger partial charge in [0.25, 0.3) is 0 Å². The number of carbonyl (C=O) groups is 1. The van der Waals surface area contributed by atoms with Crippen molar-refractivity contribution >= 4 is 14.2 Å². The van der Waals surface area contributed by atoms with E-state index in [1.807, 2.05) is 18.9 Å². The maximum absolute atomic E-state index is 13.7. The predicted molar refractivity (Wildman–Crippen MR) is 106 cm³/mol. The van der Waals surface area contributed by atoms with Gasteiger partial charge in [-0.25, -0.2) is 8.78 Å². The van der Waals surface area contributed by atoms with E-state index in [9.17, 15) is 13.6 Å². The maximum Gasteiger partial charge on any atom is 0.243 e. The van der Waals surface area contributed by atoms with Gasteiger partial charge in [0.05, 0.1) is 12.1 Å². The molecule has 1 amide bonds. The highest BCUT2D eigenvalue weighted by Crippen LogP contribution is 2.38. The van der Waals surface area contributed by atoms with Crippen LogP contribution in [0.5, 0.6) is 0 Å². The van der Waals surface area contributed by atoms with E-state index in [2.05, 4.69) is 39.2 Å². The number of nitrogens with zero attached hydrogens (tertiary/aromatic N) is 1. The Morgan fingerprint density at radius 2 is 1.70 bits per heavy atom. The van der Waals surface area contributed by atoms with E-state index in [0.717, 1.165) is 6.07 Å². The Kier molecular flexibility index (Phi) is 5.65. The summed E-state index contributed by atoms with van der Waals surface area (Å²) in [6, 6.07) is 3.37. The number of amides is 1. The minimum Gasteiger partial charge on any atom is -0.414 e. The predicted octanol–water partition coefficient (Wildman–Crippen LogP) is 4.02. The van der Waals surface area contributed by atoms with Gasteiger partial charge in [-0.1, -0.05) is 20.8 Å². The van der Waals surface area contributed by atoms with E-state index in [0.29, 0.717) is 12.1 Å². The van der Waals surface area contributed by atoms with Crippen molar-refractivity contribution < 1.29 is 18.0 Å². The summed E-state index contributed by atoms with van der Waals surface area (Å²) in [5.41, 5.74) is -1.32. The second-order valence-corrected chi connectivity index (χ2v) is 14.4. The number of carbonyl (C=O) groups excluding carboxylic acids is 1. The summed E-state index contributed by atoms with van der Waals surface area (Å²) in [4.78, 5) is 15.0. The highest BCUT2D eigenvalue weighted by Gasteiger charge is 2.50. The van der Waals surface area contributed by atoms with Crippen LogP contribution in [0.3, 0.4) is 0 Å². The van der Waals surface area contributed by atoms with E-state index >= 15 is 0 Å². The fourth-order valence-corrected chi connectivity index (χ4v) is 4.07. The lowest BCUT2D eigenvalue weighted by Crippen LogP contribution is -2.71. The van der Waals surface area contributed by atoms with Gasteiger partial charge in [-0.3, -0.25) is 9.69 Å². The van der Waals surface area contributed by atoms with Crippen LogP contribution in [0.15, 0.2) is 18.2 Å². The van der Waals surface area contributed by atoms with E-state index in [-0.39, 0.29) is 17.6 Å². The Morgan fingerprint density at radius 1 is 1.19 bits per heavy atom. The van der Waals surface area contributed by atoms with Gasteiger partial charge in [-0.2, -0.15) is 0 Å². The first-order valence-corrected chi connectivity index (χ1v) is 12.2. The molecule has 0 saturated carbocycles. The Labute approximate surface area is 162 Å². The minimum absolute atomic E-state index is 0.0423. The van der Waals surface area contributed by atoms with Crippen molar-refractivity contribution in [1.82, 2.24) is 10.2 Å². The maximum atomic E-state index is 13.7. The van der Waals surface area contributed by atoms with Crippen molar-refractivity contribution in [2.24, 2.45) is 0 Å². The number of hydrogen-bond donors (Lipinski definition) is 1. The van der Waals surface area contributed by atoms with Crippen molar-refractivity contribution in [2.75, 3.05) is 20.2 Å². The molecule has 2 rings (SSSR count). The van der Waals surface area contributed by atoms with Crippen LogP contribution >= 0.6 is 0 Å². The third kappa shape index (κ3) is 4.25. The SMILES string of the molecule is CN1CC(C)(c2cc(F)cc(F)c2)NC(=O)C1(C)CO[Si](C)(C)C(C)(C)C. The summed E-state index contributed by atoms with van der Waals surface area (Å²) in [7, 11) is -0.167. The van der Waals surface area contributed by atoms with Crippen molar-refractivity contribution in [3.63, 3.8) is 0 Å². The first kappa shape index (κ1) is 22.0. The number of likely N-dealkylation sites (N-methyl/N-ethyl adjacent to an activating group) is 1. The van der Waals surface area contributed by atoms with Gasteiger partial charge in [0.15, 0.2) is 8.32 Å². The van der Waals surface area contributed by atoms with Gasteiger partial charge in [0.1, 0.15) is 17.2 Å². The summed E-state index contributed by atoms with van der Waals surface area (Å²) in [6.45, 7) is 15.1.